The smallest absolute Gasteiger partial charge is 0.203 e. The molecule has 0 aromatic carbocycles. The van der Waals surface area contributed by atoms with Crippen LogP contribution in [0.15, 0.2) is 16.5 Å². The molecule has 0 amide bonds. The average molecular weight is 192 g/mol. The lowest BCUT2D eigenvalue weighted by Gasteiger charge is -2.11. The molecule has 4 nitrogen and oxygen atoms in total. The maximum atomic E-state index is 9.30. The Morgan fingerprint density at radius 2 is 2.50 bits per heavy atom. The zero-order chi connectivity index (χ0) is 9.97. The average Bonchev–Trinajstić information content (AvgIpc) is 2.76. The van der Waals surface area contributed by atoms with Gasteiger partial charge in [0.25, 0.3) is 0 Å². The fourth-order valence-corrected chi connectivity index (χ4v) is 1.70. The summed E-state index contributed by atoms with van der Waals surface area (Å²) in [6.07, 6.45) is 0.617. The zero-order valence-corrected chi connectivity index (χ0v) is 7.81. The van der Waals surface area contributed by atoms with E-state index < -0.39 is 0 Å². The molecule has 0 spiro atoms. The highest BCUT2D eigenvalue weighted by Crippen LogP contribution is 2.14. The van der Waals surface area contributed by atoms with Gasteiger partial charge in [-0.05, 0) is 18.6 Å². The number of nitrogens with zero attached hydrogens (tertiary/aromatic N) is 2. The predicted molar refractivity (Wildman–Crippen MR) is 49.3 cm³/mol. The van der Waals surface area contributed by atoms with Gasteiger partial charge in [-0.3, -0.25) is 4.90 Å². The van der Waals surface area contributed by atoms with Crippen molar-refractivity contribution in [2.24, 2.45) is 0 Å². The molecule has 1 N–H and O–H groups in total. The van der Waals surface area contributed by atoms with E-state index in [0.717, 1.165) is 18.7 Å². The second-order valence-electron chi connectivity index (χ2n) is 3.56. The third-order valence-electron chi connectivity index (χ3n) is 2.40. The molecule has 2 heterocycles. The van der Waals surface area contributed by atoms with E-state index in [9.17, 15) is 5.11 Å². The van der Waals surface area contributed by atoms with Crippen molar-refractivity contribution < 1.29 is 9.52 Å². The monoisotopic (exact) mass is 192 g/mol. The van der Waals surface area contributed by atoms with Crippen molar-refractivity contribution in [2.45, 2.75) is 19.1 Å². The third-order valence-corrected chi connectivity index (χ3v) is 2.40. The molecule has 14 heavy (non-hydrogen) atoms. The first kappa shape index (κ1) is 9.25. The Balaban J connectivity index is 1.95. The van der Waals surface area contributed by atoms with Crippen LogP contribution in [-0.4, -0.2) is 29.2 Å². The van der Waals surface area contributed by atoms with Gasteiger partial charge in [0.05, 0.1) is 12.6 Å². The molecule has 0 radical (unpaired) electrons. The molecule has 0 aliphatic carbocycles. The predicted octanol–water partition coefficient (Wildman–Crippen LogP) is 0.718. The van der Waals surface area contributed by atoms with Crippen LogP contribution in [0.4, 0.5) is 0 Å². The van der Waals surface area contributed by atoms with E-state index >= 15 is 0 Å². The molecular weight excluding hydrogens is 180 g/mol. The van der Waals surface area contributed by atoms with E-state index in [1.165, 1.54) is 0 Å². The highest BCUT2D eigenvalue weighted by Gasteiger charge is 2.20. The van der Waals surface area contributed by atoms with Crippen molar-refractivity contribution in [3.63, 3.8) is 0 Å². The van der Waals surface area contributed by atoms with Crippen molar-refractivity contribution in [3.8, 4) is 6.07 Å². The highest BCUT2D eigenvalue weighted by atomic mass is 16.3. The van der Waals surface area contributed by atoms with Gasteiger partial charge in [0.2, 0.25) is 5.76 Å². The van der Waals surface area contributed by atoms with Crippen LogP contribution in [0.25, 0.3) is 0 Å². The summed E-state index contributed by atoms with van der Waals surface area (Å²) in [7, 11) is 0. The summed E-state index contributed by atoms with van der Waals surface area (Å²) in [5, 5.41) is 17.9. The van der Waals surface area contributed by atoms with E-state index in [1.807, 2.05) is 12.1 Å². The third kappa shape index (κ3) is 1.95. The van der Waals surface area contributed by atoms with Crippen molar-refractivity contribution in [3.05, 3.63) is 23.7 Å². The Kier molecular flexibility index (Phi) is 2.53. The second-order valence-corrected chi connectivity index (χ2v) is 3.56. The summed E-state index contributed by atoms with van der Waals surface area (Å²) < 4.78 is 5.25. The highest BCUT2D eigenvalue weighted by molar-refractivity contribution is 5.19. The van der Waals surface area contributed by atoms with Gasteiger partial charge < -0.3 is 9.52 Å². The number of hydrogen-bond donors (Lipinski definition) is 1. The van der Waals surface area contributed by atoms with E-state index in [0.29, 0.717) is 18.8 Å². The number of aliphatic hydroxyl groups excluding tert-OH is 1. The molecule has 1 aliphatic rings. The molecule has 1 aromatic rings. The van der Waals surface area contributed by atoms with Crippen LogP contribution < -0.4 is 0 Å². The number of nitriles is 1. The first-order valence-corrected chi connectivity index (χ1v) is 4.67. The SMILES string of the molecule is N#Cc1ccc(CN2CC[C@@H](O)C2)o1. The Hall–Kier alpha value is -1.31. The van der Waals surface area contributed by atoms with Crippen LogP contribution in [0.5, 0.6) is 0 Å². The Labute approximate surface area is 82.4 Å². The lowest BCUT2D eigenvalue weighted by molar-refractivity contribution is 0.172. The zero-order valence-electron chi connectivity index (χ0n) is 7.81. The van der Waals surface area contributed by atoms with Crippen molar-refractivity contribution in [1.82, 2.24) is 4.90 Å². The quantitative estimate of drug-likeness (QED) is 0.750. The van der Waals surface area contributed by atoms with E-state index in [4.69, 9.17) is 9.68 Å². The van der Waals surface area contributed by atoms with Gasteiger partial charge in [-0.1, -0.05) is 0 Å². The Morgan fingerprint density at radius 1 is 1.64 bits per heavy atom. The normalized spacial score (nSPS) is 22.4. The molecule has 0 unspecified atom stereocenters. The topological polar surface area (TPSA) is 60.4 Å². The fraction of sp³-hybridized carbons (Fsp3) is 0.500. The standard InChI is InChI=1S/C10H12N2O2/c11-5-9-1-2-10(14-9)7-12-4-3-8(13)6-12/h1-2,8,13H,3-4,6-7H2/t8-/m1/s1. The van der Waals surface area contributed by atoms with Crippen molar-refractivity contribution >= 4 is 0 Å². The molecule has 2 rings (SSSR count). The van der Waals surface area contributed by atoms with Gasteiger partial charge in [-0.2, -0.15) is 5.26 Å². The molecule has 1 saturated heterocycles. The number of rotatable bonds is 2. The van der Waals surface area contributed by atoms with Gasteiger partial charge >= 0.3 is 0 Å². The summed E-state index contributed by atoms with van der Waals surface area (Å²) in [6.45, 7) is 2.27. The first-order chi connectivity index (χ1) is 6.78. The first-order valence-electron chi connectivity index (χ1n) is 4.67. The molecule has 1 fully saturated rings. The summed E-state index contributed by atoms with van der Waals surface area (Å²) in [6, 6.07) is 5.42. The fourth-order valence-electron chi connectivity index (χ4n) is 1.70. The molecule has 4 heteroatoms. The number of hydrogen-bond acceptors (Lipinski definition) is 4. The van der Waals surface area contributed by atoms with Crippen molar-refractivity contribution in [1.29, 1.82) is 5.26 Å². The van der Waals surface area contributed by atoms with Gasteiger partial charge in [-0.25, -0.2) is 0 Å². The minimum Gasteiger partial charge on any atom is -0.449 e. The van der Waals surface area contributed by atoms with Gasteiger partial charge in [0.15, 0.2) is 0 Å². The molecule has 0 bridgehead atoms. The molecule has 1 aliphatic heterocycles. The molecular formula is C10H12N2O2. The van der Waals surface area contributed by atoms with Crippen LogP contribution in [-0.2, 0) is 6.54 Å². The van der Waals surface area contributed by atoms with E-state index in [1.54, 1.807) is 6.07 Å². The number of likely N-dealkylation sites (tertiary alicyclic amines) is 1. The summed E-state index contributed by atoms with van der Waals surface area (Å²) >= 11 is 0. The summed E-state index contributed by atoms with van der Waals surface area (Å²) in [5.74, 6) is 1.13. The van der Waals surface area contributed by atoms with Gasteiger partial charge in [0, 0.05) is 13.1 Å². The van der Waals surface area contributed by atoms with E-state index in [2.05, 4.69) is 4.90 Å². The lowest BCUT2D eigenvalue weighted by atomic mass is 10.3. The number of aliphatic hydroxyl groups is 1. The molecule has 1 aromatic heterocycles. The second kappa shape index (κ2) is 3.82. The largest absolute Gasteiger partial charge is 0.449 e. The summed E-state index contributed by atoms with van der Waals surface area (Å²) in [5.41, 5.74) is 0. The number of β-amino-alcohol motifs (C(OH)–C–C–N with tert-alkyl or cyclic N) is 1. The maximum Gasteiger partial charge on any atom is 0.203 e. The van der Waals surface area contributed by atoms with Crippen LogP contribution in [0.3, 0.4) is 0 Å². The Morgan fingerprint density at radius 3 is 3.07 bits per heavy atom. The molecule has 74 valence electrons. The maximum absolute atomic E-state index is 9.30. The van der Waals surface area contributed by atoms with Crippen LogP contribution in [0, 0.1) is 11.3 Å². The molecule has 1 atom stereocenters. The van der Waals surface area contributed by atoms with E-state index in [-0.39, 0.29) is 6.10 Å². The van der Waals surface area contributed by atoms with Gasteiger partial charge in [-0.15, -0.1) is 0 Å². The van der Waals surface area contributed by atoms with Crippen LogP contribution in [0.2, 0.25) is 0 Å². The van der Waals surface area contributed by atoms with Crippen LogP contribution >= 0.6 is 0 Å². The molecule has 0 saturated carbocycles. The van der Waals surface area contributed by atoms with Gasteiger partial charge in [0.1, 0.15) is 11.8 Å². The minimum absolute atomic E-state index is 0.208. The summed E-state index contributed by atoms with van der Waals surface area (Å²) in [4.78, 5) is 2.12. The number of furan rings is 1. The minimum atomic E-state index is -0.208. The van der Waals surface area contributed by atoms with Crippen LogP contribution in [0.1, 0.15) is 17.9 Å². The Bertz CT molecular complexity index is 353. The van der Waals surface area contributed by atoms with Crippen molar-refractivity contribution in [2.75, 3.05) is 13.1 Å². The lowest BCUT2D eigenvalue weighted by Crippen LogP contribution is -2.21.